The number of thiophene rings is 1. The molecule has 0 aliphatic rings. The number of halogens is 1. The van der Waals surface area contributed by atoms with Crippen LogP contribution in [0.15, 0.2) is 34.2 Å². The van der Waals surface area contributed by atoms with E-state index in [4.69, 9.17) is 4.74 Å². The van der Waals surface area contributed by atoms with Gasteiger partial charge in [0.15, 0.2) is 0 Å². The molecule has 0 spiro atoms. The van der Waals surface area contributed by atoms with E-state index in [0.717, 1.165) is 30.9 Å². The molecule has 5 heteroatoms. The smallest absolute Gasteiger partial charge is 0.205 e. The van der Waals surface area contributed by atoms with E-state index in [1.807, 2.05) is 38.1 Å². The van der Waals surface area contributed by atoms with Crippen molar-refractivity contribution in [2.24, 2.45) is 0 Å². The van der Waals surface area contributed by atoms with Gasteiger partial charge in [-0.25, -0.2) is 0 Å². The Kier molecular flexibility index (Phi) is 3.87. The summed E-state index contributed by atoms with van der Waals surface area (Å²) in [4.78, 5) is 16.6. The number of H-pyrrole nitrogens is 1. The Hall–Kier alpha value is -1.59. The summed E-state index contributed by atoms with van der Waals surface area (Å²) in [7, 11) is 0. The number of rotatable bonds is 4. The van der Waals surface area contributed by atoms with Crippen LogP contribution in [-0.2, 0) is 0 Å². The summed E-state index contributed by atoms with van der Waals surface area (Å²) in [5.74, 6) is 0.763. The fourth-order valence-electron chi connectivity index (χ4n) is 2.31. The number of ketones is 1. The van der Waals surface area contributed by atoms with Crippen LogP contribution in [0.4, 0.5) is 0 Å². The molecule has 0 unspecified atom stereocenters. The van der Waals surface area contributed by atoms with Crippen molar-refractivity contribution in [1.29, 1.82) is 0 Å². The molecule has 3 nitrogen and oxygen atoms in total. The van der Waals surface area contributed by atoms with E-state index in [-0.39, 0.29) is 5.78 Å². The van der Waals surface area contributed by atoms with Crippen LogP contribution in [-0.4, -0.2) is 17.4 Å². The van der Waals surface area contributed by atoms with Gasteiger partial charge in [0.1, 0.15) is 5.75 Å². The maximum atomic E-state index is 12.8. The average molecular weight is 364 g/mol. The third-order valence-electron chi connectivity index (χ3n) is 3.29. The largest absolute Gasteiger partial charge is 0.493 e. The molecule has 108 valence electrons. The van der Waals surface area contributed by atoms with E-state index in [1.54, 1.807) is 6.20 Å². The summed E-state index contributed by atoms with van der Waals surface area (Å²) in [5, 5.41) is 0.853. The zero-order valence-electron chi connectivity index (χ0n) is 11.7. The number of fused-ring (bicyclic) bond motifs is 1. The van der Waals surface area contributed by atoms with Crippen LogP contribution in [0.3, 0.4) is 0 Å². The fraction of sp³-hybridized carbons (Fsp3) is 0.188. The molecule has 2 aromatic heterocycles. The molecule has 3 rings (SSSR count). The summed E-state index contributed by atoms with van der Waals surface area (Å²) in [6, 6.07) is 7.68. The normalized spacial score (nSPS) is 11.0. The van der Waals surface area contributed by atoms with E-state index in [9.17, 15) is 4.79 Å². The monoisotopic (exact) mass is 363 g/mol. The first-order chi connectivity index (χ1) is 10.1. The molecule has 2 heterocycles. The van der Waals surface area contributed by atoms with Gasteiger partial charge in [0.25, 0.3) is 0 Å². The molecule has 3 aromatic rings. The predicted octanol–water partition coefficient (Wildman–Crippen LogP) is 4.93. The second kappa shape index (κ2) is 5.66. The Morgan fingerprint density at radius 2 is 2.24 bits per heavy atom. The van der Waals surface area contributed by atoms with Crippen molar-refractivity contribution in [3.05, 3.63) is 50.3 Å². The number of hydrogen-bond donors (Lipinski definition) is 1. The molecule has 0 radical (unpaired) electrons. The second-order valence-electron chi connectivity index (χ2n) is 4.71. The number of ether oxygens (including phenoxy) is 1. The first kappa shape index (κ1) is 14.4. The van der Waals surface area contributed by atoms with Crippen molar-refractivity contribution < 1.29 is 9.53 Å². The van der Waals surface area contributed by atoms with Crippen LogP contribution in [0.5, 0.6) is 5.75 Å². The maximum Gasteiger partial charge on any atom is 0.205 e. The summed E-state index contributed by atoms with van der Waals surface area (Å²) < 4.78 is 6.65. The Labute approximate surface area is 135 Å². The minimum absolute atomic E-state index is 0.0206. The molecular weight excluding hydrogens is 350 g/mol. The molecule has 0 fully saturated rings. The third kappa shape index (κ3) is 2.51. The second-order valence-corrected chi connectivity index (χ2v) is 7.08. The van der Waals surface area contributed by atoms with E-state index in [0.29, 0.717) is 12.2 Å². The zero-order valence-corrected chi connectivity index (χ0v) is 14.1. The summed E-state index contributed by atoms with van der Waals surface area (Å²) >= 11 is 4.93. The number of aryl methyl sites for hydroxylation is 1. The highest BCUT2D eigenvalue weighted by Crippen LogP contribution is 2.33. The van der Waals surface area contributed by atoms with Crippen LogP contribution < -0.4 is 4.74 Å². The number of hydrogen-bond acceptors (Lipinski definition) is 3. The van der Waals surface area contributed by atoms with Crippen molar-refractivity contribution >= 4 is 44.0 Å². The SMILES string of the molecule is CCOc1cccc2[nH]cc(C(=O)c3cc(C)c(Br)s3)c12. The third-order valence-corrected chi connectivity index (χ3v) is 5.43. The van der Waals surface area contributed by atoms with Crippen LogP contribution in [0.25, 0.3) is 10.9 Å². The van der Waals surface area contributed by atoms with Gasteiger partial charge >= 0.3 is 0 Å². The van der Waals surface area contributed by atoms with Crippen LogP contribution >= 0.6 is 27.3 Å². The Balaban J connectivity index is 2.13. The molecule has 1 N–H and O–H groups in total. The quantitative estimate of drug-likeness (QED) is 0.667. The lowest BCUT2D eigenvalue weighted by molar-refractivity contribution is 0.104. The minimum Gasteiger partial charge on any atom is -0.493 e. The van der Waals surface area contributed by atoms with Gasteiger partial charge in [0, 0.05) is 11.7 Å². The van der Waals surface area contributed by atoms with Crippen molar-refractivity contribution in [1.82, 2.24) is 4.98 Å². The molecule has 1 aromatic carbocycles. The highest BCUT2D eigenvalue weighted by atomic mass is 79.9. The first-order valence-corrected chi connectivity index (χ1v) is 8.26. The summed E-state index contributed by atoms with van der Waals surface area (Å²) in [6.45, 7) is 4.49. The van der Waals surface area contributed by atoms with Crippen molar-refractivity contribution in [3.8, 4) is 5.75 Å². The van der Waals surface area contributed by atoms with E-state index in [2.05, 4.69) is 20.9 Å². The minimum atomic E-state index is 0.0206. The topological polar surface area (TPSA) is 42.1 Å². The van der Waals surface area contributed by atoms with Gasteiger partial charge in [0.05, 0.1) is 26.2 Å². The van der Waals surface area contributed by atoms with Gasteiger partial charge in [-0.2, -0.15) is 0 Å². The zero-order chi connectivity index (χ0) is 15.0. The summed E-state index contributed by atoms with van der Waals surface area (Å²) in [6.07, 6.45) is 1.76. The molecule has 0 aliphatic heterocycles. The Morgan fingerprint density at radius 1 is 1.43 bits per heavy atom. The molecule has 0 aliphatic carbocycles. The van der Waals surface area contributed by atoms with Gasteiger partial charge < -0.3 is 9.72 Å². The van der Waals surface area contributed by atoms with Crippen molar-refractivity contribution in [2.45, 2.75) is 13.8 Å². The predicted molar refractivity (Wildman–Crippen MR) is 89.7 cm³/mol. The molecule has 0 amide bonds. The van der Waals surface area contributed by atoms with Gasteiger partial charge in [-0.3, -0.25) is 4.79 Å². The van der Waals surface area contributed by atoms with E-state index >= 15 is 0 Å². The highest BCUT2D eigenvalue weighted by molar-refractivity contribution is 9.11. The standard InChI is InChI=1S/C16H14BrNO2S/c1-3-20-12-6-4-5-11-14(12)10(8-18-11)15(19)13-7-9(2)16(17)21-13/h4-8,18H,3H2,1-2H3. The van der Waals surface area contributed by atoms with E-state index in [1.165, 1.54) is 11.3 Å². The molecule has 0 saturated heterocycles. The fourth-order valence-corrected chi connectivity index (χ4v) is 3.80. The first-order valence-electron chi connectivity index (χ1n) is 6.65. The van der Waals surface area contributed by atoms with Gasteiger partial charge in [-0.15, -0.1) is 11.3 Å². The van der Waals surface area contributed by atoms with Crippen LogP contribution in [0.1, 0.15) is 27.7 Å². The number of aromatic amines is 1. The lowest BCUT2D eigenvalue weighted by Crippen LogP contribution is -1.99. The maximum absolute atomic E-state index is 12.8. The highest BCUT2D eigenvalue weighted by Gasteiger charge is 2.19. The lowest BCUT2D eigenvalue weighted by Gasteiger charge is -2.06. The van der Waals surface area contributed by atoms with Gasteiger partial charge in [-0.05, 0) is 53.5 Å². The number of nitrogens with one attached hydrogen (secondary N) is 1. The lowest BCUT2D eigenvalue weighted by atomic mass is 10.1. The van der Waals surface area contributed by atoms with Gasteiger partial charge in [-0.1, -0.05) is 6.07 Å². The molecule has 21 heavy (non-hydrogen) atoms. The number of carbonyl (C=O) groups excluding carboxylic acids is 1. The number of aromatic nitrogens is 1. The van der Waals surface area contributed by atoms with Crippen molar-refractivity contribution in [3.63, 3.8) is 0 Å². The molecule has 0 atom stereocenters. The molecule has 0 bridgehead atoms. The van der Waals surface area contributed by atoms with Crippen LogP contribution in [0.2, 0.25) is 0 Å². The average Bonchev–Trinajstić information content (AvgIpc) is 3.04. The van der Waals surface area contributed by atoms with Crippen molar-refractivity contribution in [2.75, 3.05) is 6.61 Å². The van der Waals surface area contributed by atoms with Crippen LogP contribution in [0, 0.1) is 6.92 Å². The van der Waals surface area contributed by atoms with Gasteiger partial charge in [0.2, 0.25) is 5.78 Å². The molecule has 0 saturated carbocycles. The number of benzene rings is 1. The summed E-state index contributed by atoms with van der Waals surface area (Å²) in [5.41, 5.74) is 2.65. The number of carbonyl (C=O) groups is 1. The van der Waals surface area contributed by atoms with E-state index < -0.39 is 0 Å². The Morgan fingerprint density at radius 3 is 2.90 bits per heavy atom. The molecular formula is C16H14BrNO2S. The Bertz CT molecular complexity index is 799.